The number of methoxy groups -OCH3 is 1. The van der Waals surface area contributed by atoms with Crippen molar-refractivity contribution < 1.29 is 14.6 Å². The molecule has 1 atom stereocenters. The van der Waals surface area contributed by atoms with E-state index in [-0.39, 0.29) is 19.1 Å². The Balaban J connectivity index is 2.08. The third-order valence-electron chi connectivity index (χ3n) is 3.55. The minimum absolute atomic E-state index is 0.150. The van der Waals surface area contributed by atoms with Crippen LogP contribution in [0.5, 0.6) is 0 Å². The summed E-state index contributed by atoms with van der Waals surface area (Å²) < 4.78 is 6.89. The molecule has 0 spiro atoms. The summed E-state index contributed by atoms with van der Waals surface area (Å²) in [6, 6.07) is 8.05. The zero-order valence-corrected chi connectivity index (χ0v) is 13.2. The Hall–Kier alpha value is -2.11. The van der Waals surface area contributed by atoms with Gasteiger partial charge >= 0.3 is 0 Å². The van der Waals surface area contributed by atoms with Crippen molar-refractivity contribution in [1.29, 1.82) is 0 Å². The number of rotatable bonds is 6. The Morgan fingerprint density at radius 3 is 2.91 bits per heavy atom. The monoisotopic (exact) mass is 302 g/mol. The van der Waals surface area contributed by atoms with E-state index < -0.39 is 6.10 Å². The standard InChI is InChI=1S/C17H22N2O3/c1-18-10-13(15-6-4-5-7-16(15)18)8-9-17(21)19(2)11-14(20)12-22-3/h4-10,14,20H,11-12H2,1-3H3/b9-8+/t14-/m0/s1. The summed E-state index contributed by atoms with van der Waals surface area (Å²) >= 11 is 0. The van der Waals surface area contributed by atoms with E-state index >= 15 is 0 Å². The average Bonchev–Trinajstić information content (AvgIpc) is 2.82. The number of carbonyl (C=O) groups is 1. The number of aryl methyl sites for hydroxylation is 1. The normalized spacial score (nSPS) is 12.9. The van der Waals surface area contributed by atoms with Crippen molar-refractivity contribution in [3.63, 3.8) is 0 Å². The second-order valence-corrected chi connectivity index (χ2v) is 5.37. The lowest BCUT2D eigenvalue weighted by Gasteiger charge is -2.18. The molecule has 118 valence electrons. The number of hydrogen-bond acceptors (Lipinski definition) is 3. The number of aliphatic hydroxyl groups excluding tert-OH is 1. The molecule has 0 bridgehead atoms. The van der Waals surface area contributed by atoms with Crippen LogP contribution in [0.2, 0.25) is 0 Å². The van der Waals surface area contributed by atoms with Gasteiger partial charge < -0.3 is 19.3 Å². The number of aromatic nitrogens is 1. The van der Waals surface area contributed by atoms with Crippen molar-refractivity contribution in [1.82, 2.24) is 9.47 Å². The molecule has 0 unspecified atom stereocenters. The van der Waals surface area contributed by atoms with Gasteiger partial charge in [-0.1, -0.05) is 18.2 Å². The minimum Gasteiger partial charge on any atom is -0.389 e. The summed E-state index contributed by atoms with van der Waals surface area (Å²) in [6.45, 7) is 0.456. The molecule has 0 aliphatic heterocycles. The first-order valence-electron chi connectivity index (χ1n) is 7.17. The highest BCUT2D eigenvalue weighted by Crippen LogP contribution is 2.21. The fourth-order valence-electron chi connectivity index (χ4n) is 2.45. The second-order valence-electron chi connectivity index (χ2n) is 5.37. The molecule has 2 rings (SSSR count). The number of nitrogens with zero attached hydrogens (tertiary/aromatic N) is 2. The predicted molar refractivity (Wildman–Crippen MR) is 87.5 cm³/mol. The van der Waals surface area contributed by atoms with Gasteiger partial charge in [-0.15, -0.1) is 0 Å². The summed E-state index contributed by atoms with van der Waals surface area (Å²) in [5, 5.41) is 10.8. The number of ether oxygens (including phenoxy) is 1. The molecule has 1 N–H and O–H groups in total. The van der Waals surface area contributed by atoms with E-state index in [0.717, 1.165) is 16.5 Å². The molecule has 0 saturated carbocycles. The van der Waals surface area contributed by atoms with Crippen molar-refractivity contribution in [2.75, 3.05) is 27.3 Å². The van der Waals surface area contributed by atoms with Gasteiger partial charge in [0.15, 0.2) is 0 Å². The van der Waals surface area contributed by atoms with E-state index in [4.69, 9.17) is 4.74 Å². The Labute approximate surface area is 130 Å². The molecule has 1 aromatic heterocycles. The molecule has 0 radical (unpaired) electrons. The van der Waals surface area contributed by atoms with Gasteiger partial charge in [-0.2, -0.15) is 0 Å². The van der Waals surface area contributed by atoms with E-state index in [1.165, 1.54) is 18.1 Å². The van der Waals surface area contributed by atoms with Crippen LogP contribution in [-0.2, 0) is 16.6 Å². The number of benzene rings is 1. The maximum Gasteiger partial charge on any atom is 0.246 e. The molecule has 22 heavy (non-hydrogen) atoms. The minimum atomic E-state index is -0.676. The first-order valence-corrected chi connectivity index (χ1v) is 7.17. The Bertz CT molecular complexity index is 676. The summed E-state index contributed by atoms with van der Waals surface area (Å²) in [6.07, 6.45) is 4.66. The van der Waals surface area contributed by atoms with Gasteiger partial charge in [0, 0.05) is 56.5 Å². The molecule has 5 heteroatoms. The Morgan fingerprint density at radius 1 is 1.45 bits per heavy atom. The number of aliphatic hydroxyl groups is 1. The topological polar surface area (TPSA) is 54.7 Å². The fourth-order valence-corrected chi connectivity index (χ4v) is 2.45. The number of hydrogen-bond donors (Lipinski definition) is 1. The highest BCUT2D eigenvalue weighted by atomic mass is 16.5. The molecule has 5 nitrogen and oxygen atoms in total. The van der Waals surface area contributed by atoms with Crippen LogP contribution in [-0.4, -0.2) is 53.9 Å². The van der Waals surface area contributed by atoms with E-state index in [9.17, 15) is 9.90 Å². The van der Waals surface area contributed by atoms with Crippen LogP contribution in [0.15, 0.2) is 36.5 Å². The quantitative estimate of drug-likeness (QED) is 0.826. The number of likely N-dealkylation sites (N-methyl/N-ethyl adjacent to an activating group) is 1. The van der Waals surface area contributed by atoms with Gasteiger partial charge in [-0.25, -0.2) is 0 Å². The zero-order chi connectivity index (χ0) is 16.1. The molecule has 1 amide bonds. The smallest absolute Gasteiger partial charge is 0.246 e. The first-order chi connectivity index (χ1) is 10.5. The molecule has 1 heterocycles. The third-order valence-corrected chi connectivity index (χ3v) is 3.55. The van der Waals surface area contributed by atoms with Gasteiger partial charge in [-0.05, 0) is 12.1 Å². The van der Waals surface area contributed by atoms with E-state index in [2.05, 4.69) is 0 Å². The summed E-state index contributed by atoms with van der Waals surface area (Å²) in [7, 11) is 5.16. The van der Waals surface area contributed by atoms with Gasteiger partial charge in [-0.3, -0.25) is 4.79 Å². The zero-order valence-electron chi connectivity index (χ0n) is 13.2. The van der Waals surface area contributed by atoms with Crippen LogP contribution in [0.3, 0.4) is 0 Å². The highest BCUT2D eigenvalue weighted by Gasteiger charge is 2.11. The summed E-state index contributed by atoms with van der Waals surface area (Å²) in [5.74, 6) is -0.150. The van der Waals surface area contributed by atoms with Crippen molar-refractivity contribution in [2.45, 2.75) is 6.10 Å². The lowest BCUT2D eigenvalue weighted by Crippen LogP contribution is -2.35. The molecular weight excluding hydrogens is 280 g/mol. The number of para-hydroxylation sites is 1. The van der Waals surface area contributed by atoms with Gasteiger partial charge in [0.1, 0.15) is 0 Å². The SMILES string of the molecule is COC[C@@H](O)CN(C)C(=O)/C=C/c1cn(C)c2ccccc12. The van der Waals surface area contributed by atoms with Gasteiger partial charge in [0.2, 0.25) is 5.91 Å². The molecule has 0 aliphatic rings. The van der Waals surface area contributed by atoms with Crippen LogP contribution in [0, 0.1) is 0 Å². The maximum absolute atomic E-state index is 12.1. The first kappa shape index (κ1) is 16.3. The van der Waals surface area contributed by atoms with Crippen molar-refractivity contribution in [3.8, 4) is 0 Å². The Morgan fingerprint density at radius 2 is 2.18 bits per heavy atom. The summed E-state index contributed by atoms with van der Waals surface area (Å²) in [5.41, 5.74) is 2.12. The van der Waals surface area contributed by atoms with E-state index in [1.807, 2.05) is 48.2 Å². The maximum atomic E-state index is 12.1. The number of fused-ring (bicyclic) bond motifs is 1. The third kappa shape index (κ3) is 3.75. The highest BCUT2D eigenvalue weighted by molar-refractivity contribution is 5.96. The van der Waals surface area contributed by atoms with Crippen molar-refractivity contribution >= 4 is 22.9 Å². The van der Waals surface area contributed by atoms with Gasteiger partial charge in [0.05, 0.1) is 12.7 Å². The lowest BCUT2D eigenvalue weighted by atomic mass is 10.1. The predicted octanol–water partition coefficient (Wildman–Crippen LogP) is 1.66. The molecule has 0 aliphatic carbocycles. The van der Waals surface area contributed by atoms with Crippen LogP contribution in [0.1, 0.15) is 5.56 Å². The van der Waals surface area contributed by atoms with E-state index in [0.29, 0.717) is 0 Å². The van der Waals surface area contributed by atoms with E-state index in [1.54, 1.807) is 7.05 Å². The molecule has 0 saturated heterocycles. The molecule has 0 fully saturated rings. The van der Waals surface area contributed by atoms with Crippen LogP contribution < -0.4 is 0 Å². The van der Waals surface area contributed by atoms with Gasteiger partial charge in [0.25, 0.3) is 0 Å². The summed E-state index contributed by atoms with van der Waals surface area (Å²) in [4.78, 5) is 13.6. The fraction of sp³-hybridized carbons (Fsp3) is 0.353. The van der Waals surface area contributed by atoms with Crippen molar-refractivity contribution in [2.24, 2.45) is 7.05 Å². The average molecular weight is 302 g/mol. The molecular formula is C17H22N2O3. The second kappa shape index (κ2) is 7.24. The largest absolute Gasteiger partial charge is 0.389 e. The van der Waals surface area contributed by atoms with Crippen LogP contribution in [0.4, 0.5) is 0 Å². The molecule has 1 aromatic carbocycles. The Kier molecular flexibility index (Phi) is 5.35. The lowest BCUT2D eigenvalue weighted by molar-refractivity contribution is -0.126. The van der Waals surface area contributed by atoms with Crippen LogP contribution in [0.25, 0.3) is 17.0 Å². The van der Waals surface area contributed by atoms with Crippen LogP contribution >= 0.6 is 0 Å². The number of carbonyl (C=O) groups excluding carboxylic acids is 1. The van der Waals surface area contributed by atoms with Crippen molar-refractivity contribution in [3.05, 3.63) is 42.1 Å². The molecule has 2 aromatic rings. The number of amides is 1.